The van der Waals surface area contributed by atoms with Gasteiger partial charge in [-0.05, 0) is 38.1 Å². The lowest BCUT2D eigenvalue weighted by molar-refractivity contribution is 0.0683. The predicted octanol–water partition coefficient (Wildman–Crippen LogP) is 2.08. The number of ether oxygens (including phenoxy) is 1. The Morgan fingerprint density at radius 3 is 2.89 bits per heavy atom. The van der Waals surface area contributed by atoms with E-state index in [0.717, 1.165) is 31.6 Å². The second-order valence-corrected chi connectivity index (χ2v) is 4.99. The molecule has 0 aromatic heterocycles. The third kappa shape index (κ3) is 3.49. The summed E-state index contributed by atoms with van der Waals surface area (Å²) in [4.78, 5) is 1.94. The zero-order valence-corrected chi connectivity index (χ0v) is 11.1. The molecular weight excluding hydrogens is 250 g/mol. The molecule has 0 radical (unpaired) electrons. The van der Waals surface area contributed by atoms with Gasteiger partial charge in [-0.1, -0.05) is 0 Å². The zero-order chi connectivity index (χ0) is 13.8. The summed E-state index contributed by atoms with van der Waals surface area (Å²) in [6.45, 7) is 1.70. The van der Waals surface area contributed by atoms with Gasteiger partial charge in [0.05, 0.1) is 6.10 Å². The van der Waals surface area contributed by atoms with Crippen LogP contribution in [0.4, 0.5) is 8.78 Å². The fourth-order valence-electron chi connectivity index (χ4n) is 2.55. The maximum atomic E-state index is 13.8. The molecule has 1 aliphatic heterocycles. The normalized spacial score (nSPS) is 21.0. The molecule has 5 heteroatoms. The largest absolute Gasteiger partial charge is 0.377 e. The maximum Gasteiger partial charge on any atom is 0.128 e. The molecule has 0 saturated carbocycles. The highest BCUT2D eigenvalue weighted by Crippen LogP contribution is 2.24. The Labute approximate surface area is 112 Å². The molecule has 0 amide bonds. The molecule has 1 heterocycles. The molecule has 1 saturated heterocycles. The van der Waals surface area contributed by atoms with Crippen LogP contribution in [0.3, 0.4) is 0 Å². The van der Waals surface area contributed by atoms with Gasteiger partial charge < -0.3 is 10.5 Å². The van der Waals surface area contributed by atoms with Gasteiger partial charge in [-0.2, -0.15) is 0 Å². The van der Waals surface area contributed by atoms with E-state index in [4.69, 9.17) is 10.5 Å². The predicted molar refractivity (Wildman–Crippen MR) is 69.8 cm³/mol. The van der Waals surface area contributed by atoms with Crippen LogP contribution in [-0.4, -0.2) is 37.7 Å². The van der Waals surface area contributed by atoms with E-state index in [9.17, 15) is 8.78 Å². The molecule has 1 fully saturated rings. The van der Waals surface area contributed by atoms with E-state index in [0.29, 0.717) is 12.1 Å². The number of halogens is 2. The van der Waals surface area contributed by atoms with Gasteiger partial charge in [0.25, 0.3) is 0 Å². The van der Waals surface area contributed by atoms with Crippen molar-refractivity contribution in [3.05, 3.63) is 35.4 Å². The lowest BCUT2D eigenvalue weighted by Gasteiger charge is -2.29. The minimum Gasteiger partial charge on any atom is -0.377 e. The zero-order valence-electron chi connectivity index (χ0n) is 11.1. The van der Waals surface area contributed by atoms with Gasteiger partial charge in [0, 0.05) is 31.3 Å². The molecule has 2 rings (SSSR count). The Bertz CT molecular complexity index is 422. The molecule has 1 aromatic carbocycles. The Balaban J connectivity index is 2.11. The number of likely N-dealkylation sites (N-methyl/N-ethyl adjacent to an activating group) is 1. The summed E-state index contributed by atoms with van der Waals surface area (Å²) in [5.74, 6) is -0.864. The number of rotatable bonds is 5. The highest BCUT2D eigenvalue weighted by atomic mass is 19.1. The third-order valence-corrected chi connectivity index (χ3v) is 3.59. The minimum absolute atomic E-state index is 0.163. The second kappa shape index (κ2) is 6.41. The highest BCUT2D eigenvalue weighted by molar-refractivity contribution is 5.22. The van der Waals surface area contributed by atoms with E-state index in [2.05, 4.69) is 0 Å². The molecule has 1 aliphatic rings. The lowest BCUT2D eigenvalue weighted by atomic mass is 10.0. The van der Waals surface area contributed by atoms with Crippen molar-refractivity contribution in [1.82, 2.24) is 4.90 Å². The first-order valence-corrected chi connectivity index (χ1v) is 6.58. The van der Waals surface area contributed by atoms with E-state index in [1.54, 1.807) is 0 Å². The van der Waals surface area contributed by atoms with Gasteiger partial charge in [0.2, 0.25) is 0 Å². The number of hydrogen-bond acceptors (Lipinski definition) is 3. The molecule has 2 atom stereocenters. The van der Waals surface area contributed by atoms with Crippen LogP contribution in [0, 0.1) is 11.6 Å². The summed E-state index contributed by atoms with van der Waals surface area (Å²) in [5, 5.41) is 0. The summed E-state index contributed by atoms with van der Waals surface area (Å²) in [6, 6.07) is 3.15. The van der Waals surface area contributed by atoms with E-state index < -0.39 is 11.6 Å². The van der Waals surface area contributed by atoms with Crippen molar-refractivity contribution in [2.75, 3.05) is 26.7 Å². The van der Waals surface area contributed by atoms with E-state index in [-0.39, 0.29) is 18.7 Å². The van der Waals surface area contributed by atoms with Crippen LogP contribution in [-0.2, 0) is 4.74 Å². The van der Waals surface area contributed by atoms with Crippen molar-refractivity contribution >= 4 is 0 Å². The van der Waals surface area contributed by atoms with Crippen molar-refractivity contribution in [1.29, 1.82) is 0 Å². The molecule has 106 valence electrons. The minimum atomic E-state index is -0.444. The van der Waals surface area contributed by atoms with Crippen LogP contribution in [0.1, 0.15) is 24.4 Å². The summed E-state index contributed by atoms with van der Waals surface area (Å²) in [6.07, 6.45) is 2.23. The number of nitrogens with zero attached hydrogens (tertiary/aromatic N) is 1. The number of benzene rings is 1. The van der Waals surface area contributed by atoms with Gasteiger partial charge in [0.15, 0.2) is 0 Å². The molecule has 0 bridgehead atoms. The van der Waals surface area contributed by atoms with Crippen LogP contribution < -0.4 is 5.73 Å². The number of hydrogen-bond donors (Lipinski definition) is 1. The van der Waals surface area contributed by atoms with Crippen LogP contribution in [0.25, 0.3) is 0 Å². The summed E-state index contributed by atoms with van der Waals surface area (Å²) in [7, 11) is 1.86. The van der Waals surface area contributed by atoms with Crippen LogP contribution in [0.15, 0.2) is 18.2 Å². The third-order valence-electron chi connectivity index (χ3n) is 3.59. The van der Waals surface area contributed by atoms with Crippen molar-refractivity contribution in [3.63, 3.8) is 0 Å². The molecule has 1 aromatic rings. The Hall–Kier alpha value is -1.04. The van der Waals surface area contributed by atoms with Gasteiger partial charge in [-0.3, -0.25) is 4.90 Å². The van der Waals surface area contributed by atoms with Crippen molar-refractivity contribution < 1.29 is 13.5 Å². The van der Waals surface area contributed by atoms with Gasteiger partial charge in [-0.25, -0.2) is 8.78 Å². The fourth-order valence-corrected chi connectivity index (χ4v) is 2.55. The molecule has 2 unspecified atom stereocenters. The highest BCUT2D eigenvalue weighted by Gasteiger charge is 2.24. The fraction of sp³-hybridized carbons (Fsp3) is 0.571. The van der Waals surface area contributed by atoms with Crippen molar-refractivity contribution in [2.24, 2.45) is 5.73 Å². The Morgan fingerprint density at radius 2 is 2.26 bits per heavy atom. The average molecular weight is 270 g/mol. The summed E-state index contributed by atoms with van der Waals surface area (Å²) < 4.78 is 32.6. The van der Waals surface area contributed by atoms with Crippen LogP contribution in [0.5, 0.6) is 0 Å². The van der Waals surface area contributed by atoms with Crippen molar-refractivity contribution in [3.8, 4) is 0 Å². The second-order valence-electron chi connectivity index (χ2n) is 4.99. The Morgan fingerprint density at radius 1 is 1.47 bits per heavy atom. The van der Waals surface area contributed by atoms with E-state index in [1.807, 2.05) is 11.9 Å². The first-order valence-electron chi connectivity index (χ1n) is 6.58. The molecule has 19 heavy (non-hydrogen) atoms. The monoisotopic (exact) mass is 270 g/mol. The Kier molecular flexibility index (Phi) is 4.85. The molecule has 0 aliphatic carbocycles. The van der Waals surface area contributed by atoms with Gasteiger partial charge >= 0.3 is 0 Å². The van der Waals surface area contributed by atoms with Crippen molar-refractivity contribution in [2.45, 2.75) is 25.0 Å². The standard InChI is InChI=1S/C14H20F2N2O/c1-18(9-11-3-2-6-19-11)14(8-17)12-7-10(15)4-5-13(12)16/h4-5,7,11,14H,2-3,6,8-9,17H2,1H3. The van der Waals surface area contributed by atoms with E-state index in [1.165, 1.54) is 6.07 Å². The SMILES string of the molecule is CN(CC1CCCO1)C(CN)c1cc(F)ccc1F. The quantitative estimate of drug-likeness (QED) is 0.890. The molecule has 2 N–H and O–H groups in total. The van der Waals surface area contributed by atoms with E-state index >= 15 is 0 Å². The summed E-state index contributed by atoms with van der Waals surface area (Å²) >= 11 is 0. The lowest BCUT2D eigenvalue weighted by Crippen LogP contribution is -2.36. The maximum absolute atomic E-state index is 13.8. The first kappa shape index (κ1) is 14.4. The number of nitrogens with two attached hydrogens (primary N) is 1. The average Bonchev–Trinajstić information content (AvgIpc) is 2.87. The van der Waals surface area contributed by atoms with Gasteiger partial charge in [-0.15, -0.1) is 0 Å². The molecular formula is C14H20F2N2O. The summed E-state index contributed by atoms with van der Waals surface area (Å²) in [5.41, 5.74) is 6.04. The molecule has 0 spiro atoms. The van der Waals surface area contributed by atoms with Gasteiger partial charge in [0.1, 0.15) is 11.6 Å². The topological polar surface area (TPSA) is 38.5 Å². The smallest absolute Gasteiger partial charge is 0.128 e. The van der Waals surface area contributed by atoms with Crippen LogP contribution >= 0.6 is 0 Å². The van der Waals surface area contributed by atoms with Crippen LogP contribution in [0.2, 0.25) is 0 Å². The first-order chi connectivity index (χ1) is 9.11. The molecule has 3 nitrogen and oxygen atoms in total.